The number of carbonyl (C=O) groups excluding carboxylic acids is 1. The van der Waals surface area contributed by atoms with Gasteiger partial charge in [0.05, 0.1) is 12.6 Å². The van der Waals surface area contributed by atoms with Gasteiger partial charge in [-0.25, -0.2) is 9.18 Å². The molecule has 0 spiro atoms. The summed E-state index contributed by atoms with van der Waals surface area (Å²) < 4.78 is 19.3. The minimum atomic E-state index is -2.03. The summed E-state index contributed by atoms with van der Waals surface area (Å²) in [6, 6.07) is 1.68. The number of phenolic OH excluding ortho intramolecular Hbond substituents is 1. The van der Waals surface area contributed by atoms with Gasteiger partial charge in [0, 0.05) is 14.5 Å². The van der Waals surface area contributed by atoms with E-state index < -0.39 is 18.2 Å². The lowest BCUT2D eigenvalue weighted by atomic mass is 10.0. The SMILES string of the molecule is CCOC(=O)C(F)[C@@H](N)c1c(O)cc(Br)cc1Br. The topological polar surface area (TPSA) is 72.5 Å². The molecule has 1 aromatic carbocycles. The van der Waals surface area contributed by atoms with Crippen LogP contribution < -0.4 is 5.73 Å². The van der Waals surface area contributed by atoms with E-state index in [1.54, 1.807) is 13.0 Å². The Bertz CT molecular complexity index is 433. The molecule has 0 fully saturated rings. The molecule has 0 aromatic heterocycles. The van der Waals surface area contributed by atoms with Gasteiger partial charge in [-0.1, -0.05) is 31.9 Å². The summed E-state index contributed by atoms with van der Waals surface area (Å²) in [4.78, 5) is 11.3. The van der Waals surface area contributed by atoms with Crippen LogP contribution in [-0.4, -0.2) is 23.9 Å². The van der Waals surface area contributed by atoms with Crippen LogP contribution in [0.25, 0.3) is 0 Å². The van der Waals surface area contributed by atoms with Gasteiger partial charge in [0.2, 0.25) is 6.17 Å². The van der Waals surface area contributed by atoms with Crippen molar-refractivity contribution >= 4 is 37.8 Å². The number of ether oxygens (including phenoxy) is 1. The molecule has 1 unspecified atom stereocenters. The molecule has 100 valence electrons. The van der Waals surface area contributed by atoms with E-state index in [0.29, 0.717) is 8.95 Å². The number of hydrogen-bond donors (Lipinski definition) is 2. The first kappa shape index (κ1) is 15.4. The van der Waals surface area contributed by atoms with E-state index in [1.165, 1.54) is 6.07 Å². The molecule has 3 N–H and O–H groups in total. The molecule has 1 rings (SSSR count). The van der Waals surface area contributed by atoms with Gasteiger partial charge in [-0.15, -0.1) is 0 Å². The second-order valence-electron chi connectivity index (χ2n) is 3.50. The van der Waals surface area contributed by atoms with E-state index >= 15 is 0 Å². The molecule has 18 heavy (non-hydrogen) atoms. The maximum atomic E-state index is 13.8. The summed E-state index contributed by atoms with van der Waals surface area (Å²) in [6.45, 7) is 1.64. The van der Waals surface area contributed by atoms with Crippen molar-refractivity contribution in [2.45, 2.75) is 19.1 Å². The van der Waals surface area contributed by atoms with Crippen molar-refractivity contribution in [1.29, 1.82) is 0 Å². The lowest BCUT2D eigenvalue weighted by Crippen LogP contribution is -2.31. The Morgan fingerprint density at radius 1 is 1.56 bits per heavy atom. The highest BCUT2D eigenvalue weighted by Gasteiger charge is 2.31. The zero-order valence-electron chi connectivity index (χ0n) is 9.49. The summed E-state index contributed by atoms with van der Waals surface area (Å²) in [5.41, 5.74) is 5.76. The molecule has 0 heterocycles. The lowest BCUT2D eigenvalue weighted by Gasteiger charge is -2.18. The van der Waals surface area contributed by atoms with Gasteiger partial charge in [-0.3, -0.25) is 0 Å². The Hall–Kier alpha value is -0.660. The Balaban J connectivity index is 3.03. The first-order chi connectivity index (χ1) is 8.38. The van der Waals surface area contributed by atoms with Gasteiger partial charge in [0.1, 0.15) is 5.75 Å². The van der Waals surface area contributed by atoms with Gasteiger partial charge in [0.25, 0.3) is 0 Å². The number of benzene rings is 1. The number of nitrogens with two attached hydrogens (primary N) is 1. The van der Waals surface area contributed by atoms with Crippen molar-refractivity contribution in [2.24, 2.45) is 5.73 Å². The molecule has 0 saturated carbocycles. The summed E-state index contributed by atoms with van der Waals surface area (Å²) in [5, 5.41) is 9.74. The highest BCUT2D eigenvalue weighted by atomic mass is 79.9. The molecule has 0 aliphatic heterocycles. The van der Waals surface area contributed by atoms with E-state index in [0.717, 1.165) is 0 Å². The van der Waals surface area contributed by atoms with Gasteiger partial charge in [0.15, 0.2) is 0 Å². The van der Waals surface area contributed by atoms with Gasteiger partial charge in [-0.05, 0) is 19.1 Å². The highest BCUT2D eigenvalue weighted by Crippen LogP contribution is 2.36. The summed E-state index contributed by atoms with van der Waals surface area (Å²) in [6.07, 6.45) is -2.03. The molecule has 7 heteroatoms. The molecule has 2 atom stereocenters. The standard InChI is InChI=1S/C11H12Br2FNO3/c1-2-18-11(17)9(14)10(15)8-6(13)3-5(12)4-7(8)16/h3-4,9-10,16H,2,15H2,1H3/t9?,10-/m0/s1. The van der Waals surface area contributed by atoms with Crippen molar-refractivity contribution in [3.63, 3.8) is 0 Å². The van der Waals surface area contributed by atoms with Crippen molar-refractivity contribution in [3.8, 4) is 5.75 Å². The normalized spacial score (nSPS) is 14.1. The zero-order valence-corrected chi connectivity index (χ0v) is 12.7. The predicted molar refractivity (Wildman–Crippen MR) is 72.0 cm³/mol. The van der Waals surface area contributed by atoms with Crippen LogP contribution >= 0.6 is 31.9 Å². The fourth-order valence-electron chi connectivity index (χ4n) is 1.42. The first-order valence-corrected chi connectivity index (χ1v) is 6.71. The smallest absolute Gasteiger partial charge is 0.342 e. The van der Waals surface area contributed by atoms with Crippen LogP contribution in [-0.2, 0) is 9.53 Å². The van der Waals surface area contributed by atoms with E-state index in [1.807, 2.05) is 0 Å². The minimum absolute atomic E-state index is 0.0689. The average molecular weight is 385 g/mol. The van der Waals surface area contributed by atoms with Crippen molar-refractivity contribution < 1.29 is 19.0 Å². The number of alkyl halides is 1. The third-order valence-corrected chi connectivity index (χ3v) is 3.35. The lowest BCUT2D eigenvalue weighted by molar-refractivity contribution is -0.149. The van der Waals surface area contributed by atoms with Crippen LogP contribution in [0.1, 0.15) is 18.5 Å². The van der Waals surface area contributed by atoms with Crippen LogP contribution in [0, 0.1) is 0 Å². The summed E-state index contributed by atoms with van der Waals surface area (Å²) in [7, 11) is 0. The molecule has 0 bridgehead atoms. The van der Waals surface area contributed by atoms with Crippen LogP contribution in [0.4, 0.5) is 4.39 Å². The number of esters is 1. The number of phenols is 1. The first-order valence-electron chi connectivity index (χ1n) is 5.12. The largest absolute Gasteiger partial charge is 0.508 e. The molecule has 0 amide bonds. The monoisotopic (exact) mass is 383 g/mol. The average Bonchev–Trinajstić information content (AvgIpc) is 2.26. The van der Waals surface area contributed by atoms with Crippen LogP contribution in [0.3, 0.4) is 0 Å². The number of hydrogen-bond acceptors (Lipinski definition) is 4. The Morgan fingerprint density at radius 3 is 2.67 bits per heavy atom. The fourth-order valence-corrected chi connectivity index (χ4v) is 2.88. The molecule has 0 radical (unpaired) electrons. The van der Waals surface area contributed by atoms with Gasteiger partial charge < -0.3 is 15.6 Å². The fraction of sp³-hybridized carbons (Fsp3) is 0.364. The van der Waals surface area contributed by atoms with Gasteiger partial charge >= 0.3 is 5.97 Å². The quantitative estimate of drug-likeness (QED) is 0.783. The van der Waals surface area contributed by atoms with E-state index in [4.69, 9.17) is 5.73 Å². The molecule has 0 saturated heterocycles. The number of halogens is 3. The molecular formula is C11H12Br2FNO3. The van der Waals surface area contributed by atoms with E-state index in [9.17, 15) is 14.3 Å². The number of carbonyl (C=O) groups is 1. The van der Waals surface area contributed by atoms with Crippen molar-refractivity contribution in [3.05, 3.63) is 26.6 Å². The van der Waals surface area contributed by atoms with E-state index in [-0.39, 0.29) is 17.9 Å². The van der Waals surface area contributed by atoms with Crippen LogP contribution in [0.15, 0.2) is 21.1 Å². The maximum absolute atomic E-state index is 13.8. The molecule has 0 aliphatic rings. The molecule has 1 aromatic rings. The third-order valence-electron chi connectivity index (χ3n) is 2.23. The summed E-state index contributed by atoms with van der Waals surface area (Å²) >= 11 is 6.34. The summed E-state index contributed by atoms with van der Waals surface area (Å²) in [5.74, 6) is -1.24. The second-order valence-corrected chi connectivity index (χ2v) is 5.27. The predicted octanol–water partition coefficient (Wildman–Crippen LogP) is 2.82. The number of aromatic hydroxyl groups is 1. The second kappa shape index (κ2) is 6.49. The molecular weight excluding hydrogens is 373 g/mol. The highest BCUT2D eigenvalue weighted by molar-refractivity contribution is 9.11. The third kappa shape index (κ3) is 3.43. The van der Waals surface area contributed by atoms with E-state index in [2.05, 4.69) is 36.6 Å². The van der Waals surface area contributed by atoms with Crippen LogP contribution in [0.2, 0.25) is 0 Å². The Morgan fingerprint density at radius 2 is 2.17 bits per heavy atom. The minimum Gasteiger partial charge on any atom is -0.508 e. The molecule has 0 aliphatic carbocycles. The molecule has 4 nitrogen and oxygen atoms in total. The number of rotatable bonds is 4. The zero-order chi connectivity index (χ0) is 13.9. The Kier molecular flexibility index (Phi) is 5.55. The van der Waals surface area contributed by atoms with Gasteiger partial charge in [-0.2, -0.15) is 0 Å². The van der Waals surface area contributed by atoms with Crippen LogP contribution in [0.5, 0.6) is 5.75 Å². The Labute approximate surface area is 121 Å². The van der Waals surface area contributed by atoms with Crippen molar-refractivity contribution in [2.75, 3.05) is 6.61 Å². The van der Waals surface area contributed by atoms with Crippen molar-refractivity contribution in [1.82, 2.24) is 0 Å². The maximum Gasteiger partial charge on any atom is 0.342 e.